The Morgan fingerprint density at radius 1 is 1.19 bits per heavy atom. The van der Waals surface area contributed by atoms with Crippen molar-refractivity contribution in [2.75, 3.05) is 19.6 Å². The molecule has 1 N–H and O–H groups in total. The van der Waals surface area contributed by atoms with E-state index in [0.29, 0.717) is 5.92 Å². The van der Waals surface area contributed by atoms with Gasteiger partial charge in [0.2, 0.25) is 0 Å². The van der Waals surface area contributed by atoms with Crippen LogP contribution in [0.15, 0.2) is 34.3 Å². The van der Waals surface area contributed by atoms with Gasteiger partial charge in [-0.1, -0.05) is 17.7 Å². The summed E-state index contributed by atoms with van der Waals surface area (Å²) in [5.41, 5.74) is 2.01. The van der Waals surface area contributed by atoms with E-state index in [0.717, 1.165) is 43.8 Å². The van der Waals surface area contributed by atoms with Crippen molar-refractivity contribution in [3.8, 4) is 0 Å². The van der Waals surface area contributed by atoms with Crippen molar-refractivity contribution < 1.29 is 20.8 Å². The van der Waals surface area contributed by atoms with E-state index in [1.54, 1.807) is 24.3 Å². The minimum absolute atomic E-state index is 0. The zero-order valence-electron chi connectivity index (χ0n) is 11.9. The number of sulfonamides is 1. The van der Waals surface area contributed by atoms with Crippen LogP contribution in [0.5, 0.6) is 0 Å². The van der Waals surface area contributed by atoms with Gasteiger partial charge in [-0.2, -0.15) is 13.5 Å². The number of hydrogen-bond acceptors (Lipinski definition) is 4. The van der Waals surface area contributed by atoms with Gasteiger partial charge in [0.25, 0.3) is 10.0 Å². The van der Waals surface area contributed by atoms with Gasteiger partial charge in [-0.15, -0.1) is 0 Å². The number of hydrogen-bond donors (Lipinski definition) is 1. The Morgan fingerprint density at radius 2 is 1.81 bits per heavy atom. The molecule has 4 rings (SSSR count). The van der Waals surface area contributed by atoms with Gasteiger partial charge in [0, 0.05) is 12.5 Å². The molecule has 3 fully saturated rings. The van der Waals surface area contributed by atoms with Gasteiger partial charge in [0.1, 0.15) is 0 Å². The van der Waals surface area contributed by atoms with Gasteiger partial charge in [-0.05, 0) is 45.0 Å². The van der Waals surface area contributed by atoms with Crippen LogP contribution in [0.25, 0.3) is 0 Å². The van der Waals surface area contributed by atoms with E-state index in [1.807, 2.05) is 6.92 Å². The van der Waals surface area contributed by atoms with Gasteiger partial charge in [-0.25, -0.2) is 4.83 Å². The Labute approximate surface area is 131 Å². The fourth-order valence-corrected chi connectivity index (χ4v) is 3.64. The van der Waals surface area contributed by atoms with Crippen molar-refractivity contribution in [3.05, 3.63) is 29.8 Å². The van der Waals surface area contributed by atoms with Crippen LogP contribution in [0.3, 0.4) is 0 Å². The third-order valence-electron chi connectivity index (χ3n) is 4.09. The maximum Gasteiger partial charge on any atom is 0.276 e. The molecule has 1 aromatic carbocycles. The fourth-order valence-electron chi connectivity index (χ4n) is 2.80. The van der Waals surface area contributed by atoms with Crippen LogP contribution < -0.4 is 17.2 Å². The molecule has 0 atom stereocenters. The number of piperidine rings is 3. The molecule has 3 saturated heterocycles. The van der Waals surface area contributed by atoms with E-state index < -0.39 is 10.0 Å². The second-order valence-corrected chi connectivity index (χ2v) is 7.22. The van der Waals surface area contributed by atoms with Crippen molar-refractivity contribution in [1.29, 1.82) is 0 Å². The number of rotatable bonds is 3. The quantitative estimate of drug-likeness (QED) is 0.677. The van der Waals surface area contributed by atoms with E-state index in [2.05, 4.69) is 14.8 Å². The molecule has 0 aromatic heterocycles. The summed E-state index contributed by atoms with van der Waals surface area (Å²) in [6.45, 7) is 4.93. The monoisotopic (exact) mass is 328 g/mol. The van der Waals surface area contributed by atoms with Crippen molar-refractivity contribution in [2.24, 2.45) is 11.0 Å². The lowest BCUT2D eigenvalue weighted by atomic mass is 9.87. The highest BCUT2D eigenvalue weighted by Gasteiger charge is 2.31. The average Bonchev–Trinajstić information content (AvgIpc) is 2.47. The molecule has 2 bridgehead atoms. The predicted molar refractivity (Wildman–Crippen MR) is 78.1 cm³/mol. The topological polar surface area (TPSA) is 61.8 Å². The summed E-state index contributed by atoms with van der Waals surface area (Å²) in [6, 6.07) is 6.79. The fraction of sp³-hybridized carbons (Fsp3) is 0.500. The molecule has 1 aromatic rings. The van der Waals surface area contributed by atoms with Crippen LogP contribution in [-0.2, 0) is 10.0 Å². The Kier molecular flexibility index (Phi) is 4.91. The third kappa shape index (κ3) is 3.56. The molecule has 0 aliphatic carbocycles. The summed E-state index contributed by atoms with van der Waals surface area (Å²) in [5, 5.41) is 4.17. The predicted octanol–water partition coefficient (Wildman–Crippen LogP) is -1.64. The van der Waals surface area contributed by atoms with E-state index >= 15 is 0 Å². The third-order valence-corrected chi connectivity index (χ3v) is 5.31. The molecule has 21 heavy (non-hydrogen) atoms. The van der Waals surface area contributed by atoms with E-state index in [-0.39, 0.29) is 17.3 Å². The van der Waals surface area contributed by atoms with Crippen LogP contribution >= 0.6 is 0 Å². The van der Waals surface area contributed by atoms with Crippen molar-refractivity contribution in [1.82, 2.24) is 9.73 Å². The zero-order chi connectivity index (χ0) is 14.2. The number of halogens is 1. The van der Waals surface area contributed by atoms with Gasteiger partial charge in [0.15, 0.2) is 0 Å². The van der Waals surface area contributed by atoms with Crippen molar-refractivity contribution in [2.45, 2.75) is 24.7 Å². The summed E-state index contributed by atoms with van der Waals surface area (Å²) >= 11 is 0. The maximum atomic E-state index is 12.2. The first kappa shape index (κ1) is 16.3. The zero-order valence-corrected chi connectivity index (χ0v) is 13.5. The number of fused-ring (bicyclic) bond motifs is 3. The summed E-state index contributed by atoms with van der Waals surface area (Å²) < 4.78 is 24.3. The SMILES string of the molecule is Cc1ccc(S(=O)(=O)N/N=C2/CN3CCC2CC3)cc1.[Cl-]. The normalized spacial score (nSPS) is 26.4. The van der Waals surface area contributed by atoms with E-state index in [4.69, 9.17) is 0 Å². The first-order valence-electron chi connectivity index (χ1n) is 6.92. The van der Waals surface area contributed by atoms with Gasteiger partial charge in [-0.3, -0.25) is 4.90 Å². The molecular weight excluding hydrogens is 310 g/mol. The van der Waals surface area contributed by atoms with Gasteiger partial charge >= 0.3 is 0 Å². The number of hydrazone groups is 1. The largest absolute Gasteiger partial charge is 1.00 e. The lowest BCUT2D eigenvalue weighted by Gasteiger charge is -2.39. The second kappa shape index (κ2) is 6.34. The highest BCUT2D eigenvalue weighted by atomic mass is 35.5. The molecule has 0 radical (unpaired) electrons. The van der Waals surface area contributed by atoms with E-state index in [9.17, 15) is 8.42 Å². The highest BCUT2D eigenvalue weighted by molar-refractivity contribution is 7.89. The minimum atomic E-state index is -3.55. The molecular formula is C14H19ClN3O2S-. The van der Waals surface area contributed by atoms with E-state index in [1.165, 1.54) is 0 Å². The maximum absolute atomic E-state index is 12.2. The van der Waals surface area contributed by atoms with Crippen LogP contribution in [0.1, 0.15) is 18.4 Å². The standard InChI is InChI=1S/C14H19N3O2S.ClH/c1-11-2-4-13(5-3-11)20(18,19)16-15-14-10-17-8-6-12(14)7-9-17;/h2-5,12,16H,6-10H2,1H3;1H/p-1/b15-14-;. The molecule has 3 aliphatic rings. The van der Waals surface area contributed by atoms with Crippen LogP contribution in [0, 0.1) is 12.8 Å². The molecule has 7 heteroatoms. The molecule has 116 valence electrons. The lowest BCUT2D eigenvalue weighted by molar-refractivity contribution is -0.00000668. The molecule has 3 heterocycles. The number of nitrogens with zero attached hydrogens (tertiary/aromatic N) is 2. The van der Waals surface area contributed by atoms with Crippen LogP contribution in [-0.4, -0.2) is 38.7 Å². The highest BCUT2D eigenvalue weighted by Crippen LogP contribution is 2.25. The lowest BCUT2D eigenvalue weighted by Crippen LogP contribution is -3.00. The first-order valence-corrected chi connectivity index (χ1v) is 8.40. The Morgan fingerprint density at radius 3 is 2.33 bits per heavy atom. The number of aryl methyl sites for hydroxylation is 1. The number of nitrogens with one attached hydrogen (secondary N) is 1. The Hall–Kier alpha value is -1.11. The summed E-state index contributed by atoms with van der Waals surface area (Å²) in [6.07, 6.45) is 2.18. The summed E-state index contributed by atoms with van der Waals surface area (Å²) in [7, 11) is -3.55. The van der Waals surface area contributed by atoms with Crippen molar-refractivity contribution in [3.63, 3.8) is 0 Å². The Bertz CT molecular complexity index is 620. The second-order valence-electron chi connectivity index (χ2n) is 5.56. The van der Waals surface area contributed by atoms with Crippen molar-refractivity contribution >= 4 is 15.7 Å². The Balaban J connectivity index is 0.00000161. The van der Waals surface area contributed by atoms with Crippen LogP contribution in [0.4, 0.5) is 0 Å². The first-order chi connectivity index (χ1) is 9.54. The number of benzene rings is 1. The summed E-state index contributed by atoms with van der Waals surface area (Å²) in [4.78, 5) is 4.96. The van der Waals surface area contributed by atoms with Crippen LogP contribution in [0.2, 0.25) is 0 Å². The molecule has 5 nitrogen and oxygen atoms in total. The molecule has 0 amide bonds. The molecule has 0 saturated carbocycles. The molecule has 0 spiro atoms. The smallest absolute Gasteiger partial charge is 0.276 e. The molecule has 0 unspecified atom stereocenters. The van der Waals surface area contributed by atoms with Gasteiger partial charge in [0.05, 0.1) is 10.6 Å². The van der Waals surface area contributed by atoms with Gasteiger partial charge < -0.3 is 12.4 Å². The minimum Gasteiger partial charge on any atom is -1.00 e. The average molecular weight is 329 g/mol. The molecule has 3 aliphatic heterocycles. The summed E-state index contributed by atoms with van der Waals surface area (Å²) in [5.74, 6) is 0.445.